The highest BCUT2D eigenvalue weighted by Crippen LogP contribution is 2.22. The molecule has 0 fully saturated rings. The van der Waals surface area contributed by atoms with Gasteiger partial charge in [0.15, 0.2) is 0 Å². The summed E-state index contributed by atoms with van der Waals surface area (Å²) in [6.45, 7) is 6.72. The predicted octanol–water partition coefficient (Wildman–Crippen LogP) is 3.39. The van der Waals surface area contributed by atoms with Crippen LogP contribution in [0.4, 0.5) is 5.69 Å². The second kappa shape index (κ2) is 6.63. The van der Waals surface area contributed by atoms with Gasteiger partial charge in [-0.05, 0) is 38.5 Å². The Labute approximate surface area is 123 Å². The fourth-order valence-electron chi connectivity index (χ4n) is 1.54. The number of halogens is 1. The third-order valence-electron chi connectivity index (χ3n) is 2.58. The number of benzene rings is 1. The summed E-state index contributed by atoms with van der Waals surface area (Å²) in [5.74, 6) is 3.07. The molecule has 0 aliphatic carbocycles. The molecule has 4 heteroatoms. The number of aliphatic imine (C=N–C) groups is 1. The van der Waals surface area contributed by atoms with Crippen molar-refractivity contribution >= 4 is 27.5 Å². The summed E-state index contributed by atoms with van der Waals surface area (Å²) >= 11 is 3.45. The average Bonchev–Trinajstić information content (AvgIpc) is 2.36. The first-order valence-corrected chi connectivity index (χ1v) is 7.06. The van der Waals surface area contributed by atoms with E-state index in [1.807, 2.05) is 32.0 Å². The van der Waals surface area contributed by atoms with Crippen molar-refractivity contribution < 1.29 is 0 Å². The highest BCUT2D eigenvalue weighted by atomic mass is 79.9. The van der Waals surface area contributed by atoms with Gasteiger partial charge in [-0.3, -0.25) is 0 Å². The molecule has 0 amide bonds. The van der Waals surface area contributed by atoms with E-state index in [-0.39, 0.29) is 0 Å². The zero-order chi connectivity index (χ0) is 14.5. The molecule has 0 aliphatic heterocycles. The molecule has 0 unspecified atom stereocenters. The molecular weight excluding hydrogens is 302 g/mol. The maximum absolute atomic E-state index is 6.09. The molecule has 0 saturated carbocycles. The minimum absolute atomic E-state index is 0.447. The Balaban J connectivity index is 3.17. The van der Waals surface area contributed by atoms with Crippen molar-refractivity contribution in [2.45, 2.75) is 32.7 Å². The van der Waals surface area contributed by atoms with Gasteiger partial charge in [-0.1, -0.05) is 28.8 Å². The molecule has 3 nitrogen and oxygen atoms in total. The summed E-state index contributed by atoms with van der Waals surface area (Å²) in [4.78, 5) is 4.40. The molecular formula is C15H20BrN3. The van der Waals surface area contributed by atoms with Crippen LogP contribution in [0, 0.1) is 12.3 Å². The van der Waals surface area contributed by atoms with E-state index in [9.17, 15) is 0 Å². The molecule has 1 aromatic rings. The Kier molecular flexibility index (Phi) is 5.44. The van der Waals surface area contributed by atoms with Gasteiger partial charge in [-0.25, -0.2) is 4.99 Å². The van der Waals surface area contributed by atoms with E-state index in [4.69, 9.17) is 12.2 Å². The standard InChI is InChI=1S/C15H20BrN3/c1-5-9-18-13-8-7-11(16)10-12(13)14(17)19-15(3,4)6-2/h2,7-8,10,18H,5,9H2,1,3-4H3,(H2,17,19). The number of hydrogen-bond donors (Lipinski definition) is 2. The summed E-state index contributed by atoms with van der Waals surface area (Å²) in [7, 11) is 0. The van der Waals surface area contributed by atoms with Gasteiger partial charge < -0.3 is 11.1 Å². The molecule has 0 aromatic heterocycles. The van der Waals surface area contributed by atoms with Gasteiger partial charge in [0, 0.05) is 22.3 Å². The molecule has 1 aromatic carbocycles. The van der Waals surface area contributed by atoms with Crippen molar-refractivity contribution in [3.05, 3.63) is 28.2 Å². The number of nitrogens with one attached hydrogen (secondary N) is 1. The Bertz CT molecular complexity index is 513. The summed E-state index contributed by atoms with van der Waals surface area (Å²) in [6, 6.07) is 5.91. The normalized spacial score (nSPS) is 12.1. The minimum atomic E-state index is -0.603. The van der Waals surface area contributed by atoms with Crippen molar-refractivity contribution in [3.63, 3.8) is 0 Å². The number of terminal acetylenes is 1. The van der Waals surface area contributed by atoms with Crippen LogP contribution in [0.5, 0.6) is 0 Å². The van der Waals surface area contributed by atoms with E-state index >= 15 is 0 Å². The van der Waals surface area contributed by atoms with Gasteiger partial charge in [0.25, 0.3) is 0 Å². The number of anilines is 1. The van der Waals surface area contributed by atoms with Crippen molar-refractivity contribution in [1.82, 2.24) is 0 Å². The Morgan fingerprint density at radius 3 is 2.79 bits per heavy atom. The molecule has 1 rings (SSSR count). The van der Waals surface area contributed by atoms with Gasteiger partial charge >= 0.3 is 0 Å². The molecule has 0 saturated heterocycles. The van der Waals surface area contributed by atoms with Gasteiger partial charge in [0.05, 0.1) is 0 Å². The lowest BCUT2D eigenvalue weighted by atomic mass is 10.1. The fraction of sp³-hybridized carbons (Fsp3) is 0.400. The molecule has 0 heterocycles. The van der Waals surface area contributed by atoms with Crippen molar-refractivity contribution in [2.75, 3.05) is 11.9 Å². The quantitative estimate of drug-likeness (QED) is 0.496. The van der Waals surface area contributed by atoms with Crippen LogP contribution >= 0.6 is 15.9 Å². The van der Waals surface area contributed by atoms with Crippen molar-refractivity contribution in [1.29, 1.82) is 0 Å². The average molecular weight is 322 g/mol. The summed E-state index contributed by atoms with van der Waals surface area (Å²) in [5.41, 5.74) is 7.33. The molecule has 19 heavy (non-hydrogen) atoms. The van der Waals surface area contributed by atoms with E-state index < -0.39 is 5.54 Å². The smallest absolute Gasteiger partial charge is 0.129 e. The Hall–Kier alpha value is -1.47. The lowest BCUT2D eigenvalue weighted by molar-refractivity contribution is 0.684. The van der Waals surface area contributed by atoms with E-state index in [0.717, 1.165) is 28.7 Å². The van der Waals surface area contributed by atoms with Crippen molar-refractivity contribution in [2.24, 2.45) is 10.7 Å². The first-order chi connectivity index (χ1) is 8.89. The summed E-state index contributed by atoms with van der Waals surface area (Å²) in [5, 5.41) is 3.34. The molecule has 0 spiro atoms. The number of amidine groups is 1. The topological polar surface area (TPSA) is 50.4 Å². The first-order valence-electron chi connectivity index (χ1n) is 6.26. The van der Waals surface area contributed by atoms with Crippen LogP contribution in [-0.4, -0.2) is 17.9 Å². The largest absolute Gasteiger partial charge is 0.384 e. The Morgan fingerprint density at radius 2 is 2.21 bits per heavy atom. The molecule has 102 valence electrons. The van der Waals surface area contributed by atoms with Gasteiger partial charge in [0.1, 0.15) is 11.4 Å². The minimum Gasteiger partial charge on any atom is -0.384 e. The van der Waals surface area contributed by atoms with E-state index in [1.165, 1.54) is 0 Å². The van der Waals surface area contributed by atoms with Crippen LogP contribution in [0.2, 0.25) is 0 Å². The van der Waals surface area contributed by atoms with Gasteiger partial charge in [-0.15, -0.1) is 6.42 Å². The number of nitrogens with two attached hydrogens (primary N) is 1. The summed E-state index contributed by atoms with van der Waals surface area (Å²) in [6.07, 6.45) is 6.49. The molecule has 0 radical (unpaired) electrons. The number of rotatable bonds is 5. The van der Waals surface area contributed by atoms with E-state index in [2.05, 4.69) is 39.1 Å². The second-order valence-corrected chi connectivity index (χ2v) is 5.73. The lowest BCUT2D eigenvalue weighted by Gasteiger charge is -2.16. The zero-order valence-electron chi connectivity index (χ0n) is 11.6. The zero-order valence-corrected chi connectivity index (χ0v) is 13.2. The molecule has 3 N–H and O–H groups in total. The third kappa shape index (κ3) is 4.60. The third-order valence-corrected chi connectivity index (χ3v) is 3.07. The van der Waals surface area contributed by atoms with Crippen LogP contribution < -0.4 is 11.1 Å². The SMILES string of the molecule is C#CC(C)(C)N=C(N)c1cc(Br)ccc1NCCC. The Morgan fingerprint density at radius 1 is 1.53 bits per heavy atom. The van der Waals surface area contributed by atoms with E-state index in [0.29, 0.717) is 5.84 Å². The molecule has 0 atom stereocenters. The maximum Gasteiger partial charge on any atom is 0.129 e. The van der Waals surface area contributed by atoms with Gasteiger partial charge in [-0.2, -0.15) is 0 Å². The highest BCUT2D eigenvalue weighted by Gasteiger charge is 2.14. The maximum atomic E-state index is 6.09. The number of nitrogens with zero attached hydrogens (tertiary/aromatic N) is 1. The fourth-order valence-corrected chi connectivity index (χ4v) is 1.90. The lowest BCUT2D eigenvalue weighted by Crippen LogP contribution is -2.23. The second-order valence-electron chi connectivity index (χ2n) is 4.82. The van der Waals surface area contributed by atoms with Gasteiger partial charge in [0.2, 0.25) is 0 Å². The van der Waals surface area contributed by atoms with E-state index in [1.54, 1.807) is 0 Å². The first kappa shape index (κ1) is 15.6. The van der Waals surface area contributed by atoms with Crippen LogP contribution in [0.3, 0.4) is 0 Å². The molecule has 0 aliphatic rings. The predicted molar refractivity (Wildman–Crippen MR) is 86.6 cm³/mol. The number of hydrogen-bond acceptors (Lipinski definition) is 2. The van der Waals surface area contributed by atoms with Crippen LogP contribution in [0.1, 0.15) is 32.8 Å². The van der Waals surface area contributed by atoms with Crippen LogP contribution in [-0.2, 0) is 0 Å². The molecule has 0 bridgehead atoms. The highest BCUT2D eigenvalue weighted by molar-refractivity contribution is 9.10. The van der Waals surface area contributed by atoms with Crippen LogP contribution in [0.15, 0.2) is 27.7 Å². The van der Waals surface area contributed by atoms with Crippen LogP contribution in [0.25, 0.3) is 0 Å². The summed E-state index contributed by atoms with van der Waals surface area (Å²) < 4.78 is 0.959. The van der Waals surface area contributed by atoms with Crippen molar-refractivity contribution in [3.8, 4) is 12.3 Å². The monoisotopic (exact) mass is 321 g/mol.